The van der Waals surface area contributed by atoms with Crippen molar-refractivity contribution < 1.29 is 33.6 Å². The lowest BCUT2D eigenvalue weighted by Gasteiger charge is -2.37. The van der Waals surface area contributed by atoms with Crippen LogP contribution < -0.4 is 14.4 Å². The molecule has 2 fully saturated rings. The van der Waals surface area contributed by atoms with E-state index in [0.29, 0.717) is 44.2 Å². The number of amides is 1. The van der Waals surface area contributed by atoms with Crippen LogP contribution in [0.4, 0.5) is 5.69 Å². The van der Waals surface area contributed by atoms with Crippen molar-refractivity contribution in [1.29, 1.82) is 0 Å². The number of hydrogen-bond donors (Lipinski definition) is 1. The Morgan fingerprint density at radius 1 is 1.15 bits per heavy atom. The summed E-state index contributed by atoms with van der Waals surface area (Å²) in [4.78, 5) is 34.8. The average molecular weight is 554 g/mol. The van der Waals surface area contributed by atoms with E-state index in [1.54, 1.807) is 17.3 Å². The van der Waals surface area contributed by atoms with E-state index in [0.717, 1.165) is 24.1 Å². The number of carbonyl (C=O) groups is 2. The average Bonchev–Trinajstić information content (AvgIpc) is 3.70. The van der Waals surface area contributed by atoms with Gasteiger partial charge in [-0.05, 0) is 42.7 Å². The molecule has 0 spiro atoms. The molecule has 0 bridgehead atoms. The molecule has 216 valence electrons. The molecule has 10 heteroatoms. The third-order valence-electron chi connectivity index (χ3n) is 8.19. The van der Waals surface area contributed by atoms with Crippen LogP contribution in [0.5, 0.6) is 11.5 Å². The normalized spacial score (nSPS) is 23.0. The van der Waals surface area contributed by atoms with E-state index in [-0.39, 0.29) is 25.2 Å². The SMILES string of the molecule is CCCCN(C(=O)CN1C[C@H](c2ccc3c(c2)OCO3)C(C(=O)O)[C@@H]1CC(C)(C)C1OCCO1)c1cccnc1. The molecule has 40 heavy (non-hydrogen) atoms. The Morgan fingerprint density at radius 2 is 1.93 bits per heavy atom. The molecule has 4 heterocycles. The van der Waals surface area contributed by atoms with Gasteiger partial charge >= 0.3 is 5.97 Å². The lowest BCUT2D eigenvalue weighted by Crippen LogP contribution is -2.47. The highest BCUT2D eigenvalue weighted by Crippen LogP contribution is 2.46. The maximum Gasteiger partial charge on any atom is 0.308 e. The van der Waals surface area contributed by atoms with Crippen LogP contribution in [0.15, 0.2) is 42.7 Å². The molecule has 2 aromatic rings. The standard InChI is InChI=1S/C30H39N3O7/c1-4-5-11-33(21-7-6-10-31-16-21)26(34)18-32-17-22(20-8-9-24-25(14-20)40-19-39-24)27(28(35)36)23(32)15-30(2,3)29-37-12-13-38-29/h6-10,14,16,22-23,27,29H,4-5,11-13,15,17-19H2,1-3H3,(H,35,36)/t22-,23+,27?/m1/s1. The number of unbranched alkanes of at least 4 members (excludes halogenated alkanes) is 1. The van der Waals surface area contributed by atoms with Gasteiger partial charge in [0.25, 0.3) is 0 Å². The molecule has 3 aliphatic rings. The molecule has 3 aliphatic heterocycles. The highest BCUT2D eigenvalue weighted by Gasteiger charge is 2.50. The Balaban J connectivity index is 1.46. The number of carboxylic acid groups (broad SMARTS) is 1. The van der Waals surface area contributed by atoms with Gasteiger partial charge in [-0.25, -0.2) is 0 Å². The Kier molecular flexibility index (Phi) is 8.58. The molecule has 1 aromatic heterocycles. The minimum atomic E-state index is -0.887. The van der Waals surface area contributed by atoms with Gasteiger partial charge in [0.05, 0.1) is 37.6 Å². The predicted octanol–water partition coefficient (Wildman–Crippen LogP) is 3.90. The molecule has 0 aliphatic carbocycles. The van der Waals surface area contributed by atoms with Crippen LogP contribution in [0, 0.1) is 11.3 Å². The van der Waals surface area contributed by atoms with Gasteiger partial charge < -0.3 is 29.0 Å². The highest BCUT2D eigenvalue weighted by atomic mass is 16.7. The molecule has 2 saturated heterocycles. The monoisotopic (exact) mass is 553 g/mol. The summed E-state index contributed by atoms with van der Waals surface area (Å²) >= 11 is 0. The van der Waals surface area contributed by atoms with E-state index in [2.05, 4.69) is 11.9 Å². The summed E-state index contributed by atoms with van der Waals surface area (Å²) in [5.74, 6) is -0.778. The summed E-state index contributed by atoms with van der Waals surface area (Å²) in [5, 5.41) is 10.6. The zero-order chi connectivity index (χ0) is 28.3. The highest BCUT2D eigenvalue weighted by molar-refractivity contribution is 5.94. The molecule has 0 radical (unpaired) electrons. The van der Waals surface area contributed by atoms with Crippen LogP contribution >= 0.6 is 0 Å². The number of carboxylic acids is 1. The first-order valence-electron chi connectivity index (χ1n) is 14.1. The van der Waals surface area contributed by atoms with Crippen LogP contribution in [0.25, 0.3) is 0 Å². The second kappa shape index (κ2) is 12.1. The van der Waals surface area contributed by atoms with Gasteiger partial charge in [0.2, 0.25) is 12.7 Å². The Bertz CT molecular complexity index is 1190. The number of fused-ring (bicyclic) bond motifs is 1. The van der Waals surface area contributed by atoms with Crippen LogP contribution in [-0.2, 0) is 19.1 Å². The number of hydrogen-bond acceptors (Lipinski definition) is 8. The van der Waals surface area contributed by atoms with Gasteiger partial charge in [0, 0.05) is 36.7 Å². The van der Waals surface area contributed by atoms with Crippen molar-refractivity contribution in [1.82, 2.24) is 9.88 Å². The number of rotatable bonds is 11. The van der Waals surface area contributed by atoms with Crippen molar-refractivity contribution >= 4 is 17.6 Å². The lowest BCUT2D eigenvalue weighted by atomic mass is 9.77. The summed E-state index contributed by atoms with van der Waals surface area (Å²) < 4.78 is 22.8. The van der Waals surface area contributed by atoms with Crippen molar-refractivity contribution in [2.75, 3.05) is 44.5 Å². The van der Waals surface area contributed by atoms with Gasteiger partial charge in [0.15, 0.2) is 17.8 Å². The molecule has 1 unspecified atom stereocenters. The van der Waals surface area contributed by atoms with Crippen molar-refractivity contribution in [3.05, 3.63) is 48.3 Å². The molecule has 1 aromatic carbocycles. The molecule has 3 atom stereocenters. The Hall–Kier alpha value is -3.21. The van der Waals surface area contributed by atoms with Crippen molar-refractivity contribution in [3.63, 3.8) is 0 Å². The number of carbonyl (C=O) groups excluding carboxylic acids is 1. The topological polar surface area (TPSA) is 111 Å². The van der Waals surface area contributed by atoms with Gasteiger partial charge in [0.1, 0.15) is 0 Å². The number of aliphatic carboxylic acids is 1. The zero-order valence-corrected chi connectivity index (χ0v) is 23.5. The van der Waals surface area contributed by atoms with Crippen molar-refractivity contribution in [2.45, 2.75) is 58.3 Å². The van der Waals surface area contributed by atoms with E-state index in [1.807, 2.05) is 49.1 Å². The number of anilines is 1. The number of pyridine rings is 1. The van der Waals surface area contributed by atoms with Crippen LogP contribution in [-0.4, -0.2) is 78.8 Å². The molecule has 1 amide bonds. The van der Waals surface area contributed by atoms with E-state index >= 15 is 0 Å². The molecular weight excluding hydrogens is 514 g/mol. The first-order chi connectivity index (χ1) is 19.3. The van der Waals surface area contributed by atoms with Gasteiger partial charge in [-0.1, -0.05) is 33.3 Å². The number of nitrogens with zero attached hydrogens (tertiary/aromatic N) is 3. The second-order valence-corrected chi connectivity index (χ2v) is 11.5. The molecular formula is C30H39N3O7. The van der Waals surface area contributed by atoms with Gasteiger partial charge in [-0.2, -0.15) is 0 Å². The molecule has 0 saturated carbocycles. The first-order valence-corrected chi connectivity index (χ1v) is 14.1. The van der Waals surface area contributed by atoms with Crippen molar-refractivity contribution in [2.24, 2.45) is 11.3 Å². The summed E-state index contributed by atoms with van der Waals surface area (Å²) in [6, 6.07) is 8.91. The molecule has 5 rings (SSSR count). The quantitative estimate of drug-likeness (QED) is 0.443. The summed E-state index contributed by atoms with van der Waals surface area (Å²) in [6.45, 7) is 8.43. The summed E-state index contributed by atoms with van der Waals surface area (Å²) in [6.07, 6.45) is 5.24. The number of aromatic nitrogens is 1. The number of likely N-dealkylation sites (tertiary alicyclic amines) is 1. The van der Waals surface area contributed by atoms with Crippen molar-refractivity contribution in [3.8, 4) is 11.5 Å². The number of benzene rings is 1. The second-order valence-electron chi connectivity index (χ2n) is 11.5. The number of ether oxygens (including phenoxy) is 4. The minimum Gasteiger partial charge on any atom is -0.481 e. The van der Waals surface area contributed by atoms with Crippen LogP contribution in [0.2, 0.25) is 0 Å². The Labute approximate surface area is 235 Å². The van der Waals surface area contributed by atoms with E-state index in [4.69, 9.17) is 18.9 Å². The van der Waals surface area contributed by atoms with E-state index in [1.165, 1.54) is 0 Å². The molecule has 10 nitrogen and oxygen atoms in total. The fraction of sp³-hybridized carbons (Fsp3) is 0.567. The third kappa shape index (κ3) is 5.94. The Morgan fingerprint density at radius 3 is 2.62 bits per heavy atom. The van der Waals surface area contributed by atoms with Gasteiger partial charge in [-0.15, -0.1) is 0 Å². The van der Waals surface area contributed by atoms with Crippen LogP contribution in [0.3, 0.4) is 0 Å². The summed E-state index contributed by atoms with van der Waals surface area (Å²) in [7, 11) is 0. The largest absolute Gasteiger partial charge is 0.481 e. The lowest BCUT2D eigenvalue weighted by molar-refractivity contribution is -0.147. The van der Waals surface area contributed by atoms with E-state index in [9.17, 15) is 14.7 Å². The third-order valence-corrected chi connectivity index (χ3v) is 8.19. The molecule has 1 N–H and O–H groups in total. The minimum absolute atomic E-state index is 0.0758. The zero-order valence-electron chi connectivity index (χ0n) is 23.5. The first kappa shape index (κ1) is 28.3. The smallest absolute Gasteiger partial charge is 0.308 e. The summed E-state index contributed by atoms with van der Waals surface area (Å²) in [5.41, 5.74) is 1.13. The predicted molar refractivity (Wildman–Crippen MR) is 147 cm³/mol. The van der Waals surface area contributed by atoms with Crippen LogP contribution in [0.1, 0.15) is 51.5 Å². The maximum atomic E-state index is 13.9. The van der Waals surface area contributed by atoms with Gasteiger partial charge in [-0.3, -0.25) is 19.5 Å². The fourth-order valence-electron chi connectivity index (χ4n) is 6.16. The van der Waals surface area contributed by atoms with E-state index < -0.39 is 29.6 Å². The maximum absolute atomic E-state index is 13.9. The fourth-order valence-corrected chi connectivity index (χ4v) is 6.16.